The molecule has 0 aliphatic rings. The molecule has 0 saturated heterocycles. The molecule has 2 aromatic rings. The normalized spacial score (nSPS) is 10.2. The minimum atomic E-state index is -1.13. The van der Waals surface area contributed by atoms with E-state index in [-0.39, 0.29) is 11.5 Å². The molecule has 0 spiro atoms. The molecule has 0 fully saturated rings. The molecule has 0 aliphatic carbocycles. The van der Waals surface area contributed by atoms with Gasteiger partial charge in [0.1, 0.15) is 17.3 Å². The van der Waals surface area contributed by atoms with Gasteiger partial charge in [-0.25, -0.2) is 22.9 Å². The second kappa shape index (κ2) is 5.55. The van der Waals surface area contributed by atoms with E-state index >= 15 is 0 Å². The second-order valence-electron chi connectivity index (χ2n) is 3.65. The Bertz CT molecular complexity index is 641. The van der Waals surface area contributed by atoms with Gasteiger partial charge in [-0.2, -0.15) is 0 Å². The average molecular weight is 283 g/mol. The molecule has 0 radical (unpaired) electrons. The number of hydrogen-bond acceptors (Lipinski definition) is 5. The van der Waals surface area contributed by atoms with E-state index in [1.165, 1.54) is 0 Å². The number of methoxy groups -OCH3 is 1. The van der Waals surface area contributed by atoms with Gasteiger partial charge in [0.2, 0.25) is 0 Å². The average Bonchev–Trinajstić information content (AvgIpc) is 2.42. The van der Waals surface area contributed by atoms with Crippen molar-refractivity contribution in [3.05, 3.63) is 47.7 Å². The molecule has 1 aromatic heterocycles. The third-order valence-corrected chi connectivity index (χ3v) is 2.29. The van der Waals surface area contributed by atoms with Crippen LogP contribution in [0.15, 0.2) is 24.5 Å². The summed E-state index contributed by atoms with van der Waals surface area (Å²) in [6.07, 6.45) is 2.28. The van der Waals surface area contributed by atoms with E-state index < -0.39 is 29.1 Å². The van der Waals surface area contributed by atoms with Gasteiger partial charge in [0.15, 0.2) is 17.3 Å². The van der Waals surface area contributed by atoms with Crippen molar-refractivity contribution in [1.82, 2.24) is 9.97 Å². The van der Waals surface area contributed by atoms with Crippen LogP contribution in [0.5, 0.6) is 0 Å². The SMILES string of the molecule is COC(=O)c1cncc(Nc2c(F)cc(F)cc2F)n1. The number of carbonyl (C=O) groups excluding carboxylic acids is 1. The summed E-state index contributed by atoms with van der Waals surface area (Å²) < 4.78 is 44.1. The van der Waals surface area contributed by atoms with Crippen LogP contribution >= 0.6 is 0 Å². The van der Waals surface area contributed by atoms with Gasteiger partial charge < -0.3 is 10.1 Å². The summed E-state index contributed by atoms with van der Waals surface area (Å²) in [5, 5.41) is 2.29. The zero-order valence-electron chi connectivity index (χ0n) is 10.2. The maximum Gasteiger partial charge on any atom is 0.358 e. The van der Waals surface area contributed by atoms with E-state index in [9.17, 15) is 18.0 Å². The van der Waals surface area contributed by atoms with E-state index in [0.29, 0.717) is 12.1 Å². The third kappa shape index (κ3) is 2.85. The van der Waals surface area contributed by atoms with Gasteiger partial charge in [0.25, 0.3) is 0 Å². The Labute approximate surface area is 111 Å². The van der Waals surface area contributed by atoms with E-state index in [1.807, 2.05) is 0 Å². The first-order chi connectivity index (χ1) is 9.51. The first kappa shape index (κ1) is 13.8. The van der Waals surface area contributed by atoms with Crippen molar-refractivity contribution < 1.29 is 22.7 Å². The fourth-order valence-corrected chi connectivity index (χ4v) is 1.42. The van der Waals surface area contributed by atoms with Crippen LogP contribution in [-0.4, -0.2) is 23.0 Å². The Balaban J connectivity index is 2.33. The Morgan fingerprint density at radius 3 is 2.45 bits per heavy atom. The number of benzene rings is 1. The number of hydrogen-bond donors (Lipinski definition) is 1. The number of halogens is 3. The van der Waals surface area contributed by atoms with Crippen LogP contribution in [0.2, 0.25) is 0 Å². The van der Waals surface area contributed by atoms with Gasteiger partial charge in [-0.05, 0) is 0 Å². The lowest BCUT2D eigenvalue weighted by molar-refractivity contribution is 0.0593. The minimum Gasteiger partial charge on any atom is -0.464 e. The summed E-state index contributed by atoms with van der Waals surface area (Å²) >= 11 is 0. The molecular formula is C12H8F3N3O2. The maximum absolute atomic E-state index is 13.4. The molecule has 0 unspecified atom stereocenters. The first-order valence-electron chi connectivity index (χ1n) is 5.33. The van der Waals surface area contributed by atoms with Crippen molar-refractivity contribution in [3.63, 3.8) is 0 Å². The molecule has 1 heterocycles. The maximum atomic E-state index is 13.4. The van der Waals surface area contributed by atoms with Crippen LogP contribution in [0.25, 0.3) is 0 Å². The van der Waals surface area contributed by atoms with Gasteiger partial charge >= 0.3 is 5.97 Å². The van der Waals surface area contributed by atoms with Gasteiger partial charge in [-0.3, -0.25) is 4.98 Å². The summed E-state index contributed by atoms with van der Waals surface area (Å²) in [6.45, 7) is 0. The van der Waals surface area contributed by atoms with Gasteiger partial charge in [0.05, 0.1) is 19.5 Å². The van der Waals surface area contributed by atoms with Crippen molar-refractivity contribution in [2.75, 3.05) is 12.4 Å². The summed E-state index contributed by atoms with van der Waals surface area (Å²) in [6, 6.07) is 1.03. The summed E-state index contributed by atoms with van der Waals surface area (Å²) in [7, 11) is 1.16. The number of nitrogens with zero attached hydrogens (tertiary/aromatic N) is 2. The smallest absolute Gasteiger partial charge is 0.358 e. The molecule has 1 N–H and O–H groups in total. The van der Waals surface area contributed by atoms with Crippen LogP contribution in [0, 0.1) is 17.5 Å². The molecule has 0 atom stereocenters. The molecule has 1 aromatic carbocycles. The number of nitrogens with one attached hydrogen (secondary N) is 1. The highest BCUT2D eigenvalue weighted by Gasteiger charge is 2.14. The number of rotatable bonds is 3. The standard InChI is InChI=1S/C12H8F3N3O2/c1-20-12(19)9-4-16-5-10(17-9)18-11-7(14)2-6(13)3-8(11)15/h2-5H,1H3,(H,17,18). The lowest BCUT2D eigenvalue weighted by atomic mass is 10.3. The Morgan fingerprint density at radius 2 is 1.85 bits per heavy atom. The molecule has 5 nitrogen and oxygen atoms in total. The number of anilines is 2. The van der Waals surface area contributed by atoms with Crippen molar-refractivity contribution in [1.29, 1.82) is 0 Å². The van der Waals surface area contributed by atoms with Gasteiger partial charge in [-0.15, -0.1) is 0 Å². The quantitative estimate of drug-likeness (QED) is 0.876. The molecule has 20 heavy (non-hydrogen) atoms. The molecule has 104 valence electrons. The fraction of sp³-hybridized carbons (Fsp3) is 0.0833. The highest BCUT2D eigenvalue weighted by molar-refractivity contribution is 5.87. The largest absolute Gasteiger partial charge is 0.464 e. The lowest BCUT2D eigenvalue weighted by Gasteiger charge is -2.08. The summed E-state index contributed by atoms with van der Waals surface area (Å²) in [5.74, 6) is -4.14. The van der Waals surface area contributed by atoms with Crippen LogP contribution in [0.3, 0.4) is 0 Å². The van der Waals surface area contributed by atoms with Gasteiger partial charge in [-0.1, -0.05) is 0 Å². The van der Waals surface area contributed by atoms with Crippen LogP contribution in [0.4, 0.5) is 24.7 Å². The topological polar surface area (TPSA) is 64.1 Å². The molecule has 2 rings (SSSR count). The predicted molar refractivity (Wildman–Crippen MR) is 63.0 cm³/mol. The van der Waals surface area contributed by atoms with Crippen LogP contribution < -0.4 is 5.32 Å². The fourth-order valence-electron chi connectivity index (χ4n) is 1.42. The highest BCUT2D eigenvalue weighted by atomic mass is 19.1. The Hall–Kier alpha value is -2.64. The summed E-state index contributed by atoms with van der Waals surface area (Å²) in [5.41, 5.74) is -0.733. The molecule has 8 heteroatoms. The number of esters is 1. The monoisotopic (exact) mass is 283 g/mol. The Kier molecular flexibility index (Phi) is 3.83. The van der Waals surface area contributed by atoms with Crippen molar-refractivity contribution in [3.8, 4) is 0 Å². The zero-order valence-corrected chi connectivity index (χ0v) is 10.2. The third-order valence-electron chi connectivity index (χ3n) is 2.29. The van der Waals surface area contributed by atoms with E-state index in [2.05, 4.69) is 20.0 Å². The molecule has 0 bridgehead atoms. The van der Waals surface area contributed by atoms with Crippen LogP contribution in [0.1, 0.15) is 10.5 Å². The molecule has 0 saturated carbocycles. The van der Waals surface area contributed by atoms with E-state index in [4.69, 9.17) is 0 Å². The predicted octanol–water partition coefficient (Wildman–Crippen LogP) is 2.42. The van der Waals surface area contributed by atoms with Crippen molar-refractivity contribution in [2.24, 2.45) is 0 Å². The highest BCUT2D eigenvalue weighted by Crippen LogP contribution is 2.23. The van der Waals surface area contributed by atoms with E-state index in [1.54, 1.807) is 0 Å². The zero-order chi connectivity index (χ0) is 14.7. The molecule has 0 aliphatic heterocycles. The van der Waals surface area contributed by atoms with E-state index in [0.717, 1.165) is 19.5 Å². The number of carbonyl (C=O) groups is 1. The summed E-state index contributed by atoms with van der Waals surface area (Å²) in [4.78, 5) is 18.7. The minimum absolute atomic E-state index is 0.0858. The van der Waals surface area contributed by atoms with Crippen LogP contribution in [-0.2, 0) is 4.74 Å². The van der Waals surface area contributed by atoms with Crippen molar-refractivity contribution in [2.45, 2.75) is 0 Å². The Morgan fingerprint density at radius 1 is 1.20 bits per heavy atom. The second-order valence-corrected chi connectivity index (χ2v) is 3.65. The lowest BCUT2D eigenvalue weighted by Crippen LogP contribution is -2.08. The molecule has 0 amide bonds. The number of ether oxygens (including phenoxy) is 1. The number of aromatic nitrogens is 2. The van der Waals surface area contributed by atoms with Crippen molar-refractivity contribution >= 4 is 17.5 Å². The van der Waals surface area contributed by atoms with Gasteiger partial charge in [0, 0.05) is 12.1 Å². The molecular weight excluding hydrogens is 275 g/mol. The first-order valence-corrected chi connectivity index (χ1v) is 5.33.